The van der Waals surface area contributed by atoms with Crippen molar-refractivity contribution in [1.29, 1.82) is 0 Å². The Bertz CT molecular complexity index is 859. The van der Waals surface area contributed by atoms with Gasteiger partial charge in [-0.1, -0.05) is 0 Å². The number of aromatic nitrogens is 1. The minimum Gasteiger partial charge on any atom is -0.458 e. The van der Waals surface area contributed by atoms with Crippen LogP contribution in [0.25, 0.3) is 11.5 Å². The zero-order valence-corrected chi connectivity index (χ0v) is 14.5. The molecular weight excluding hydrogens is 383 g/mol. The number of carbonyl (C=O) groups is 1. The highest BCUT2D eigenvalue weighted by atomic mass is 79.9. The summed E-state index contributed by atoms with van der Waals surface area (Å²) in [5, 5.41) is 5.58. The monoisotopic (exact) mass is 394 g/mol. The number of hydrogen-bond acceptors (Lipinski definition) is 4. The van der Waals surface area contributed by atoms with E-state index in [9.17, 15) is 9.18 Å². The summed E-state index contributed by atoms with van der Waals surface area (Å²) >= 11 is 4.78. The maximum Gasteiger partial charge on any atom is 0.252 e. The smallest absolute Gasteiger partial charge is 0.252 e. The summed E-state index contributed by atoms with van der Waals surface area (Å²) in [6.45, 7) is 2.14. The van der Waals surface area contributed by atoms with Crippen molar-refractivity contribution in [3.63, 3.8) is 0 Å². The van der Waals surface area contributed by atoms with E-state index in [1.54, 1.807) is 17.4 Å². The minimum atomic E-state index is -0.461. The molecule has 2 aromatic heterocycles. The lowest BCUT2D eigenvalue weighted by Gasteiger charge is -2.05. The van der Waals surface area contributed by atoms with Crippen molar-refractivity contribution in [2.75, 3.05) is 0 Å². The van der Waals surface area contributed by atoms with Gasteiger partial charge in [-0.15, -0.1) is 11.3 Å². The summed E-state index contributed by atoms with van der Waals surface area (Å²) in [5.41, 5.74) is 1.02. The minimum absolute atomic E-state index is 0.213. The molecule has 0 radical (unpaired) electrons. The molecule has 3 aromatic rings. The van der Waals surface area contributed by atoms with Gasteiger partial charge in [0.1, 0.15) is 17.3 Å². The van der Waals surface area contributed by atoms with Crippen molar-refractivity contribution in [1.82, 2.24) is 10.3 Å². The molecule has 1 aromatic carbocycles. The predicted octanol–water partition coefficient (Wildman–Crippen LogP) is 4.54. The Morgan fingerprint density at radius 1 is 1.39 bits per heavy atom. The average molecular weight is 395 g/mol. The molecular formula is C16H12BrFN2O2S. The number of rotatable bonds is 4. The first kappa shape index (κ1) is 15.9. The van der Waals surface area contributed by atoms with Crippen molar-refractivity contribution in [3.8, 4) is 11.5 Å². The van der Waals surface area contributed by atoms with Gasteiger partial charge in [0.25, 0.3) is 5.91 Å². The molecule has 0 aliphatic carbocycles. The van der Waals surface area contributed by atoms with Gasteiger partial charge in [0, 0.05) is 9.85 Å². The normalized spacial score (nSPS) is 10.7. The number of amides is 1. The fourth-order valence-electron chi connectivity index (χ4n) is 2.02. The zero-order chi connectivity index (χ0) is 16.4. The van der Waals surface area contributed by atoms with Gasteiger partial charge in [-0.2, -0.15) is 0 Å². The Labute approximate surface area is 144 Å². The second kappa shape index (κ2) is 6.64. The predicted molar refractivity (Wildman–Crippen MR) is 89.8 cm³/mol. The van der Waals surface area contributed by atoms with Crippen LogP contribution in [0.3, 0.4) is 0 Å². The van der Waals surface area contributed by atoms with Crippen LogP contribution in [0.2, 0.25) is 0 Å². The molecule has 3 rings (SSSR count). The number of carbonyl (C=O) groups excluding carboxylic acids is 1. The fraction of sp³-hybridized carbons (Fsp3) is 0.125. The third-order valence-corrected chi connectivity index (χ3v) is 4.59. The molecule has 0 bridgehead atoms. The molecule has 0 saturated heterocycles. The second-order valence-corrected chi connectivity index (χ2v) is 6.74. The highest BCUT2D eigenvalue weighted by molar-refractivity contribution is 9.10. The highest BCUT2D eigenvalue weighted by Crippen LogP contribution is 2.24. The molecule has 0 unspecified atom stereocenters. The molecule has 7 heteroatoms. The van der Waals surface area contributed by atoms with Gasteiger partial charge in [-0.05, 0) is 53.2 Å². The van der Waals surface area contributed by atoms with E-state index in [0.717, 1.165) is 10.7 Å². The number of thiazole rings is 1. The van der Waals surface area contributed by atoms with Gasteiger partial charge >= 0.3 is 0 Å². The summed E-state index contributed by atoms with van der Waals surface area (Å²) < 4.78 is 19.4. The SMILES string of the molecule is Cc1nc(-c2ccc(CNC(=O)c3cc(F)ccc3Br)o2)cs1. The van der Waals surface area contributed by atoms with Gasteiger partial charge in [-0.3, -0.25) is 4.79 Å². The van der Waals surface area contributed by atoms with Crippen LogP contribution in [0, 0.1) is 12.7 Å². The van der Waals surface area contributed by atoms with E-state index in [4.69, 9.17) is 4.42 Å². The van der Waals surface area contributed by atoms with E-state index >= 15 is 0 Å². The lowest BCUT2D eigenvalue weighted by molar-refractivity contribution is 0.0947. The Kier molecular flexibility index (Phi) is 4.58. The van der Waals surface area contributed by atoms with Crippen molar-refractivity contribution in [2.24, 2.45) is 0 Å². The Balaban J connectivity index is 1.68. The summed E-state index contributed by atoms with van der Waals surface area (Å²) in [4.78, 5) is 16.5. The molecule has 23 heavy (non-hydrogen) atoms. The van der Waals surface area contributed by atoms with Crippen LogP contribution in [-0.2, 0) is 6.54 Å². The number of benzene rings is 1. The lowest BCUT2D eigenvalue weighted by atomic mass is 10.2. The summed E-state index contributed by atoms with van der Waals surface area (Å²) in [6.07, 6.45) is 0. The van der Waals surface area contributed by atoms with E-state index in [1.165, 1.54) is 18.2 Å². The third kappa shape index (κ3) is 3.68. The molecule has 0 fully saturated rings. The van der Waals surface area contributed by atoms with Crippen LogP contribution in [0.5, 0.6) is 0 Å². The maximum atomic E-state index is 13.2. The number of nitrogens with zero attached hydrogens (tertiary/aromatic N) is 1. The molecule has 0 saturated carbocycles. The van der Waals surface area contributed by atoms with E-state index in [1.807, 2.05) is 18.4 Å². The maximum absolute atomic E-state index is 13.2. The number of aryl methyl sites for hydroxylation is 1. The first-order valence-corrected chi connectivity index (χ1v) is 8.44. The van der Waals surface area contributed by atoms with E-state index < -0.39 is 5.82 Å². The average Bonchev–Trinajstić information content (AvgIpc) is 3.16. The van der Waals surface area contributed by atoms with Gasteiger partial charge < -0.3 is 9.73 Å². The molecule has 0 spiro atoms. The molecule has 2 heterocycles. The first-order valence-electron chi connectivity index (χ1n) is 6.77. The molecule has 118 valence electrons. The van der Waals surface area contributed by atoms with Crippen LogP contribution >= 0.6 is 27.3 Å². The summed E-state index contributed by atoms with van der Waals surface area (Å²) in [7, 11) is 0. The van der Waals surface area contributed by atoms with Crippen molar-refractivity contribution in [3.05, 3.63) is 62.3 Å². The zero-order valence-electron chi connectivity index (χ0n) is 12.1. The molecule has 0 atom stereocenters. The molecule has 0 aliphatic rings. The van der Waals surface area contributed by atoms with E-state index in [-0.39, 0.29) is 18.0 Å². The highest BCUT2D eigenvalue weighted by Gasteiger charge is 2.13. The Hall–Kier alpha value is -1.99. The van der Waals surface area contributed by atoms with Crippen molar-refractivity contribution in [2.45, 2.75) is 13.5 Å². The van der Waals surface area contributed by atoms with Crippen LogP contribution in [-0.4, -0.2) is 10.9 Å². The van der Waals surface area contributed by atoms with Crippen LogP contribution in [0.15, 0.2) is 44.6 Å². The molecule has 1 N–H and O–H groups in total. The van der Waals surface area contributed by atoms with Gasteiger partial charge in [0.15, 0.2) is 5.76 Å². The lowest BCUT2D eigenvalue weighted by Crippen LogP contribution is -2.23. The number of furan rings is 1. The van der Waals surface area contributed by atoms with Gasteiger partial charge in [-0.25, -0.2) is 9.37 Å². The number of nitrogens with one attached hydrogen (secondary N) is 1. The van der Waals surface area contributed by atoms with Crippen LogP contribution < -0.4 is 5.32 Å². The molecule has 4 nitrogen and oxygen atoms in total. The molecule has 1 amide bonds. The van der Waals surface area contributed by atoms with Gasteiger partial charge in [0.05, 0.1) is 17.1 Å². The summed E-state index contributed by atoms with van der Waals surface area (Å²) in [5.74, 6) is 0.424. The topological polar surface area (TPSA) is 55.1 Å². The second-order valence-electron chi connectivity index (χ2n) is 4.82. The van der Waals surface area contributed by atoms with Gasteiger partial charge in [0.2, 0.25) is 0 Å². The number of halogens is 2. The van der Waals surface area contributed by atoms with E-state index in [0.29, 0.717) is 16.0 Å². The largest absolute Gasteiger partial charge is 0.458 e. The third-order valence-electron chi connectivity index (χ3n) is 3.13. The fourth-order valence-corrected chi connectivity index (χ4v) is 3.05. The summed E-state index contributed by atoms with van der Waals surface area (Å²) in [6, 6.07) is 7.57. The Morgan fingerprint density at radius 2 is 2.22 bits per heavy atom. The quantitative estimate of drug-likeness (QED) is 0.706. The Morgan fingerprint density at radius 3 is 2.96 bits per heavy atom. The number of hydrogen-bond donors (Lipinski definition) is 1. The van der Waals surface area contributed by atoms with Crippen LogP contribution in [0.4, 0.5) is 4.39 Å². The van der Waals surface area contributed by atoms with Crippen molar-refractivity contribution < 1.29 is 13.6 Å². The van der Waals surface area contributed by atoms with Crippen LogP contribution in [0.1, 0.15) is 21.1 Å². The van der Waals surface area contributed by atoms with E-state index in [2.05, 4.69) is 26.2 Å². The van der Waals surface area contributed by atoms with Crippen molar-refractivity contribution >= 4 is 33.2 Å². The standard InChI is InChI=1S/C16H12BrFN2O2S/c1-9-20-14(8-23-9)15-5-3-11(22-15)7-19-16(21)12-6-10(18)2-4-13(12)17/h2-6,8H,7H2,1H3,(H,19,21). The first-order chi connectivity index (χ1) is 11.0. The molecule has 0 aliphatic heterocycles.